The van der Waals surface area contributed by atoms with E-state index in [1.165, 1.54) is 19.2 Å². The minimum absolute atomic E-state index is 0.00727. The maximum atomic E-state index is 13.1. The minimum Gasteiger partial charge on any atom is -0.489 e. The van der Waals surface area contributed by atoms with Gasteiger partial charge in [0.05, 0.1) is 12.7 Å². The Morgan fingerprint density at radius 2 is 1.90 bits per heavy atom. The van der Waals surface area contributed by atoms with Gasteiger partial charge in [-0.1, -0.05) is 17.7 Å². The molecular weight excluding hydrogens is 302 g/mol. The van der Waals surface area contributed by atoms with Gasteiger partial charge in [0.15, 0.2) is 11.6 Å². The largest absolute Gasteiger partial charge is 0.489 e. The Bertz CT molecular complexity index is 674. The summed E-state index contributed by atoms with van der Waals surface area (Å²) in [6.45, 7) is -0.00727. The lowest BCUT2D eigenvalue weighted by Crippen LogP contribution is -2.08. The fourth-order valence-electron chi connectivity index (χ4n) is 1.70. The molecule has 21 heavy (non-hydrogen) atoms. The summed E-state index contributed by atoms with van der Waals surface area (Å²) in [5.74, 6) is -2.36. The van der Waals surface area contributed by atoms with Crippen molar-refractivity contribution in [1.82, 2.24) is 0 Å². The standard InChI is InChI=1S/C15H11ClF2O3/c1-20-15(19)12-6-10(16)3-2-9(12)8-21-11-4-5-13(17)14(18)7-11/h2-7H,8H2,1H3. The number of benzene rings is 2. The summed E-state index contributed by atoms with van der Waals surface area (Å²) in [5, 5.41) is 0.381. The molecule has 0 unspecified atom stereocenters. The highest BCUT2D eigenvalue weighted by Gasteiger charge is 2.13. The van der Waals surface area contributed by atoms with Crippen LogP contribution < -0.4 is 4.74 Å². The summed E-state index contributed by atoms with van der Waals surface area (Å²) in [5.41, 5.74) is 0.781. The predicted octanol–water partition coefficient (Wildman–Crippen LogP) is 3.98. The monoisotopic (exact) mass is 312 g/mol. The fraction of sp³-hybridized carbons (Fsp3) is 0.133. The smallest absolute Gasteiger partial charge is 0.338 e. The van der Waals surface area contributed by atoms with Crippen LogP contribution in [0.15, 0.2) is 36.4 Å². The lowest BCUT2D eigenvalue weighted by molar-refractivity contribution is 0.0597. The molecule has 0 aromatic heterocycles. The van der Waals surface area contributed by atoms with E-state index < -0.39 is 17.6 Å². The van der Waals surface area contributed by atoms with Crippen molar-refractivity contribution in [3.8, 4) is 5.75 Å². The Kier molecular flexibility index (Phi) is 4.75. The molecule has 0 fully saturated rings. The molecule has 2 aromatic carbocycles. The molecule has 3 nitrogen and oxygen atoms in total. The van der Waals surface area contributed by atoms with Gasteiger partial charge < -0.3 is 9.47 Å². The van der Waals surface area contributed by atoms with Crippen molar-refractivity contribution in [2.45, 2.75) is 6.61 Å². The van der Waals surface area contributed by atoms with E-state index in [2.05, 4.69) is 4.74 Å². The molecule has 110 valence electrons. The van der Waals surface area contributed by atoms with Crippen LogP contribution in [-0.4, -0.2) is 13.1 Å². The van der Waals surface area contributed by atoms with Crippen LogP contribution >= 0.6 is 11.6 Å². The number of esters is 1. The van der Waals surface area contributed by atoms with Gasteiger partial charge in [0.1, 0.15) is 12.4 Å². The molecule has 0 spiro atoms. The van der Waals surface area contributed by atoms with Gasteiger partial charge in [0.2, 0.25) is 0 Å². The van der Waals surface area contributed by atoms with Crippen molar-refractivity contribution in [3.63, 3.8) is 0 Å². The predicted molar refractivity (Wildman–Crippen MR) is 73.5 cm³/mol. The minimum atomic E-state index is -1.00. The number of ether oxygens (including phenoxy) is 2. The van der Waals surface area contributed by atoms with Crippen molar-refractivity contribution >= 4 is 17.6 Å². The van der Waals surface area contributed by atoms with E-state index in [0.717, 1.165) is 12.1 Å². The van der Waals surface area contributed by atoms with Crippen LogP contribution in [0.1, 0.15) is 15.9 Å². The fourth-order valence-corrected chi connectivity index (χ4v) is 1.87. The average Bonchev–Trinajstić information content (AvgIpc) is 2.48. The third-order valence-electron chi connectivity index (χ3n) is 2.76. The van der Waals surface area contributed by atoms with Crippen molar-refractivity contribution < 1.29 is 23.0 Å². The molecule has 2 rings (SSSR count). The van der Waals surface area contributed by atoms with Crippen molar-refractivity contribution in [3.05, 3.63) is 64.2 Å². The van der Waals surface area contributed by atoms with Crippen LogP contribution in [0.3, 0.4) is 0 Å². The lowest BCUT2D eigenvalue weighted by Gasteiger charge is -2.10. The molecule has 0 amide bonds. The second-order valence-corrected chi connectivity index (χ2v) is 4.59. The van der Waals surface area contributed by atoms with Crippen LogP contribution in [0, 0.1) is 11.6 Å². The SMILES string of the molecule is COC(=O)c1cc(Cl)ccc1COc1ccc(F)c(F)c1. The zero-order valence-electron chi connectivity index (χ0n) is 11.0. The van der Waals surface area contributed by atoms with Crippen LogP contribution in [0.2, 0.25) is 5.02 Å². The molecule has 0 aliphatic rings. The Morgan fingerprint density at radius 1 is 1.14 bits per heavy atom. The van der Waals surface area contributed by atoms with E-state index >= 15 is 0 Å². The summed E-state index contributed by atoms with van der Waals surface area (Å²) in [7, 11) is 1.25. The molecule has 0 saturated heterocycles. The van der Waals surface area contributed by atoms with E-state index in [1.807, 2.05) is 0 Å². The van der Waals surface area contributed by atoms with Crippen LogP contribution in [0.4, 0.5) is 8.78 Å². The van der Waals surface area contributed by atoms with Gasteiger partial charge >= 0.3 is 5.97 Å². The summed E-state index contributed by atoms with van der Waals surface area (Å²) < 4.78 is 35.9. The molecule has 0 bridgehead atoms. The van der Waals surface area contributed by atoms with Gasteiger partial charge in [-0.2, -0.15) is 0 Å². The normalized spacial score (nSPS) is 10.3. The highest BCUT2D eigenvalue weighted by atomic mass is 35.5. The average molecular weight is 313 g/mol. The Balaban J connectivity index is 2.19. The highest BCUT2D eigenvalue weighted by molar-refractivity contribution is 6.31. The molecule has 6 heteroatoms. The third kappa shape index (κ3) is 3.70. The first-order chi connectivity index (χ1) is 10.0. The van der Waals surface area contributed by atoms with Gasteiger partial charge in [-0.25, -0.2) is 13.6 Å². The van der Waals surface area contributed by atoms with Crippen LogP contribution in [0.25, 0.3) is 0 Å². The summed E-state index contributed by atoms with van der Waals surface area (Å²) in [6.07, 6.45) is 0. The number of carbonyl (C=O) groups is 1. The van der Waals surface area contributed by atoms with Crippen molar-refractivity contribution in [1.29, 1.82) is 0 Å². The quantitative estimate of drug-likeness (QED) is 0.801. The zero-order chi connectivity index (χ0) is 15.4. The van der Waals surface area contributed by atoms with Gasteiger partial charge in [0, 0.05) is 16.7 Å². The lowest BCUT2D eigenvalue weighted by atomic mass is 10.1. The first kappa shape index (κ1) is 15.3. The summed E-state index contributed by atoms with van der Waals surface area (Å²) in [4.78, 5) is 11.7. The topological polar surface area (TPSA) is 35.5 Å². The first-order valence-corrected chi connectivity index (χ1v) is 6.33. The number of carbonyl (C=O) groups excluding carboxylic acids is 1. The first-order valence-electron chi connectivity index (χ1n) is 5.96. The summed E-state index contributed by atoms with van der Waals surface area (Å²) >= 11 is 5.83. The number of rotatable bonds is 4. The number of halogens is 3. The molecule has 0 aliphatic heterocycles. The summed E-state index contributed by atoms with van der Waals surface area (Å²) in [6, 6.07) is 7.85. The van der Waals surface area contributed by atoms with Gasteiger partial charge in [-0.15, -0.1) is 0 Å². The zero-order valence-corrected chi connectivity index (χ0v) is 11.8. The molecule has 0 radical (unpaired) electrons. The number of methoxy groups -OCH3 is 1. The van der Waals surface area contributed by atoms with Crippen LogP contribution in [-0.2, 0) is 11.3 Å². The number of hydrogen-bond donors (Lipinski definition) is 0. The molecule has 0 heterocycles. The van der Waals surface area contributed by atoms with Crippen molar-refractivity contribution in [2.75, 3.05) is 7.11 Å². The van der Waals surface area contributed by atoms with E-state index in [9.17, 15) is 13.6 Å². The van der Waals surface area contributed by atoms with E-state index in [4.69, 9.17) is 16.3 Å². The second kappa shape index (κ2) is 6.54. The maximum Gasteiger partial charge on any atom is 0.338 e. The van der Waals surface area contributed by atoms with E-state index in [0.29, 0.717) is 10.6 Å². The van der Waals surface area contributed by atoms with Gasteiger partial charge in [-0.05, 0) is 24.3 Å². The van der Waals surface area contributed by atoms with E-state index in [-0.39, 0.29) is 17.9 Å². The van der Waals surface area contributed by atoms with Crippen molar-refractivity contribution in [2.24, 2.45) is 0 Å². The van der Waals surface area contributed by atoms with Gasteiger partial charge in [-0.3, -0.25) is 0 Å². The number of hydrogen-bond acceptors (Lipinski definition) is 3. The molecular formula is C15H11ClF2O3. The Hall–Kier alpha value is -2.14. The Morgan fingerprint density at radius 3 is 2.57 bits per heavy atom. The van der Waals surface area contributed by atoms with Crippen LogP contribution in [0.5, 0.6) is 5.75 Å². The molecule has 0 N–H and O–H groups in total. The highest BCUT2D eigenvalue weighted by Crippen LogP contribution is 2.21. The maximum absolute atomic E-state index is 13.1. The second-order valence-electron chi connectivity index (χ2n) is 4.16. The van der Waals surface area contributed by atoms with E-state index in [1.54, 1.807) is 12.1 Å². The van der Waals surface area contributed by atoms with Gasteiger partial charge in [0.25, 0.3) is 0 Å². The molecule has 0 aliphatic carbocycles. The molecule has 0 saturated carbocycles. The third-order valence-corrected chi connectivity index (χ3v) is 3.00. The Labute approximate surface area is 125 Å². The molecule has 2 aromatic rings. The molecule has 0 atom stereocenters.